The van der Waals surface area contributed by atoms with Crippen molar-refractivity contribution in [3.05, 3.63) is 44.2 Å². The molecule has 0 saturated carbocycles. The highest BCUT2D eigenvalue weighted by molar-refractivity contribution is 5.70. The first-order valence-corrected chi connectivity index (χ1v) is 7.65. The van der Waals surface area contributed by atoms with Crippen LogP contribution in [0.15, 0.2) is 20.4 Å². The Morgan fingerprint density at radius 3 is 2.78 bits per heavy atom. The molecule has 0 N–H and O–H groups in total. The summed E-state index contributed by atoms with van der Waals surface area (Å²) in [6, 6.07) is 0. The maximum Gasteiger partial charge on any atom is 0.332 e. The summed E-state index contributed by atoms with van der Waals surface area (Å²) in [5.74, 6) is 0.955. The third-order valence-electron chi connectivity index (χ3n) is 4.57. The lowest BCUT2D eigenvalue weighted by atomic mass is 9.96. The molecule has 0 radical (unpaired) electrons. The maximum atomic E-state index is 12.4. The fraction of sp³-hybridized carbons (Fsp3) is 0.467. The first-order chi connectivity index (χ1) is 11.1. The van der Waals surface area contributed by atoms with Crippen molar-refractivity contribution in [1.82, 2.24) is 23.8 Å². The Bertz CT molecular complexity index is 1020. The molecule has 0 amide bonds. The summed E-state index contributed by atoms with van der Waals surface area (Å²) in [5, 5.41) is 4.17. The van der Waals surface area contributed by atoms with Gasteiger partial charge in [0.1, 0.15) is 11.5 Å². The molecule has 0 saturated heterocycles. The monoisotopic (exact) mass is 315 g/mol. The molecule has 0 aromatic carbocycles. The maximum absolute atomic E-state index is 12.4. The van der Waals surface area contributed by atoms with Crippen molar-refractivity contribution in [2.75, 3.05) is 0 Å². The van der Waals surface area contributed by atoms with E-state index in [1.165, 1.54) is 11.6 Å². The van der Waals surface area contributed by atoms with E-state index in [-0.39, 0.29) is 11.2 Å². The fourth-order valence-corrected chi connectivity index (χ4v) is 3.25. The molecule has 4 rings (SSSR count). The van der Waals surface area contributed by atoms with Crippen LogP contribution >= 0.6 is 0 Å². The van der Waals surface area contributed by atoms with Crippen molar-refractivity contribution in [2.24, 2.45) is 14.1 Å². The summed E-state index contributed by atoms with van der Waals surface area (Å²) in [4.78, 5) is 28.6. The zero-order valence-corrected chi connectivity index (χ0v) is 13.1. The molecule has 23 heavy (non-hydrogen) atoms. The molecule has 0 atom stereocenters. The highest BCUT2D eigenvalue weighted by Crippen LogP contribution is 2.25. The van der Waals surface area contributed by atoms with Crippen LogP contribution in [0.1, 0.15) is 29.9 Å². The van der Waals surface area contributed by atoms with Gasteiger partial charge >= 0.3 is 5.69 Å². The average molecular weight is 315 g/mol. The largest absolute Gasteiger partial charge is 0.361 e. The summed E-state index contributed by atoms with van der Waals surface area (Å²) in [5.41, 5.74) is 2.05. The van der Waals surface area contributed by atoms with E-state index in [2.05, 4.69) is 10.1 Å². The van der Waals surface area contributed by atoms with E-state index in [1.807, 2.05) is 0 Å². The molecule has 3 heterocycles. The van der Waals surface area contributed by atoms with E-state index in [9.17, 15) is 9.59 Å². The Hall–Kier alpha value is -2.64. The molecular formula is C15H17N5O3. The van der Waals surface area contributed by atoms with Gasteiger partial charge in [-0.3, -0.25) is 13.9 Å². The molecule has 0 spiro atoms. The molecule has 3 aromatic rings. The van der Waals surface area contributed by atoms with Crippen LogP contribution in [0.3, 0.4) is 0 Å². The van der Waals surface area contributed by atoms with E-state index in [1.54, 1.807) is 17.9 Å². The van der Waals surface area contributed by atoms with Gasteiger partial charge in [-0.15, -0.1) is 0 Å². The van der Waals surface area contributed by atoms with Gasteiger partial charge in [0.25, 0.3) is 5.56 Å². The number of aryl methyl sites for hydroxylation is 2. The van der Waals surface area contributed by atoms with Gasteiger partial charge in [0.15, 0.2) is 11.2 Å². The quantitative estimate of drug-likeness (QED) is 0.681. The third-order valence-corrected chi connectivity index (χ3v) is 4.57. The van der Waals surface area contributed by atoms with Crippen molar-refractivity contribution in [3.8, 4) is 0 Å². The Kier molecular flexibility index (Phi) is 3.00. The minimum absolute atomic E-state index is 0.349. The normalized spacial score (nSPS) is 14.3. The number of hydrogen-bond acceptors (Lipinski definition) is 5. The molecule has 1 aliphatic rings. The van der Waals surface area contributed by atoms with Gasteiger partial charge in [0, 0.05) is 26.1 Å². The van der Waals surface area contributed by atoms with Gasteiger partial charge in [0.2, 0.25) is 0 Å². The van der Waals surface area contributed by atoms with Crippen LogP contribution in [-0.4, -0.2) is 23.8 Å². The Balaban J connectivity index is 1.86. The third kappa shape index (κ3) is 1.97. The van der Waals surface area contributed by atoms with Gasteiger partial charge in [-0.25, -0.2) is 9.78 Å². The predicted octanol–water partition coefficient (Wildman–Crippen LogP) is 0.349. The van der Waals surface area contributed by atoms with Crippen LogP contribution in [0.2, 0.25) is 0 Å². The Morgan fingerprint density at radius 1 is 1.17 bits per heavy atom. The topological polar surface area (TPSA) is 87.8 Å². The second kappa shape index (κ2) is 4.94. The second-order valence-corrected chi connectivity index (χ2v) is 5.99. The molecule has 8 heteroatoms. The van der Waals surface area contributed by atoms with E-state index in [0.717, 1.165) is 47.3 Å². The standard InChI is InChI=1S/C15H17N5O3/c1-18-13-12(14(21)19(2)15(18)22)20(8-16-13)7-10-9-5-3-4-6-11(9)23-17-10/h8H,3-7H2,1-2H3. The van der Waals surface area contributed by atoms with Crippen molar-refractivity contribution >= 4 is 11.2 Å². The number of aromatic nitrogens is 5. The van der Waals surface area contributed by atoms with Gasteiger partial charge < -0.3 is 9.09 Å². The van der Waals surface area contributed by atoms with Crippen LogP contribution in [0.4, 0.5) is 0 Å². The highest BCUT2D eigenvalue weighted by Gasteiger charge is 2.21. The zero-order chi connectivity index (χ0) is 16.1. The molecule has 8 nitrogen and oxygen atoms in total. The van der Waals surface area contributed by atoms with Gasteiger partial charge in [0.05, 0.1) is 12.9 Å². The van der Waals surface area contributed by atoms with Gasteiger partial charge in [-0.2, -0.15) is 0 Å². The van der Waals surface area contributed by atoms with Crippen molar-refractivity contribution in [3.63, 3.8) is 0 Å². The molecule has 0 unspecified atom stereocenters. The lowest BCUT2D eigenvalue weighted by Gasteiger charge is -2.10. The van der Waals surface area contributed by atoms with Gasteiger partial charge in [-0.1, -0.05) is 5.16 Å². The summed E-state index contributed by atoms with van der Waals surface area (Å²) in [6.07, 6.45) is 5.70. The molecule has 120 valence electrons. The molecule has 0 bridgehead atoms. The smallest absolute Gasteiger partial charge is 0.332 e. The predicted molar refractivity (Wildman–Crippen MR) is 82.5 cm³/mol. The summed E-state index contributed by atoms with van der Waals surface area (Å²) in [7, 11) is 3.08. The number of hydrogen-bond donors (Lipinski definition) is 0. The van der Waals surface area contributed by atoms with E-state index in [4.69, 9.17) is 4.52 Å². The molecular weight excluding hydrogens is 298 g/mol. The Morgan fingerprint density at radius 2 is 1.96 bits per heavy atom. The Labute approximate surface area is 131 Å². The zero-order valence-electron chi connectivity index (χ0n) is 13.1. The molecule has 0 fully saturated rings. The number of rotatable bonds is 2. The van der Waals surface area contributed by atoms with Crippen LogP contribution in [0.25, 0.3) is 11.2 Å². The highest BCUT2D eigenvalue weighted by atomic mass is 16.5. The van der Waals surface area contributed by atoms with Gasteiger partial charge in [-0.05, 0) is 19.3 Å². The number of nitrogens with zero attached hydrogens (tertiary/aromatic N) is 5. The lowest BCUT2D eigenvalue weighted by Crippen LogP contribution is -2.37. The minimum atomic E-state index is -0.383. The number of imidazole rings is 1. The van der Waals surface area contributed by atoms with Crippen LogP contribution < -0.4 is 11.2 Å². The van der Waals surface area contributed by atoms with E-state index in [0.29, 0.717) is 17.7 Å². The fourth-order valence-electron chi connectivity index (χ4n) is 3.25. The van der Waals surface area contributed by atoms with Crippen LogP contribution in [0.5, 0.6) is 0 Å². The molecule has 3 aromatic heterocycles. The van der Waals surface area contributed by atoms with Crippen molar-refractivity contribution < 1.29 is 4.52 Å². The number of fused-ring (bicyclic) bond motifs is 2. The summed E-state index contributed by atoms with van der Waals surface area (Å²) < 4.78 is 9.64. The SMILES string of the molecule is Cn1c(=O)c2c(ncn2Cc2noc3c2CCCC3)n(C)c1=O. The van der Waals surface area contributed by atoms with E-state index >= 15 is 0 Å². The first kappa shape index (κ1) is 14.0. The first-order valence-electron chi connectivity index (χ1n) is 7.65. The minimum Gasteiger partial charge on any atom is -0.361 e. The van der Waals surface area contributed by atoms with Crippen molar-refractivity contribution in [1.29, 1.82) is 0 Å². The van der Waals surface area contributed by atoms with E-state index < -0.39 is 0 Å². The molecule has 0 aliphatic heterocycles. The average Bonchev–Trinajstić information content (AvgIpc) is 3.16. The second-order valence-electron chi connectivity index (χ2n) is 5.99. The lowest BCUT2D eigenvalue weighted by molar-refractivity contribution is 0.367. The van der Waals surface area contributed by atoms with Crippen LogP contribution in [-0.2, 0) is 33.5 Å². The van der Waals surface area contributed by atoms with Crippen molar-refractivity contribution in [2.45, 2.75) is 32.2 Å². The summed E-state index contributed by atoms with van der Waals surface area (Å²) >= 11 is 0. The van der Waals surface area contributed by atoms with Crippen LogP contribution in [0, 0.1) is 0 Å². The molecule has 1 aliphatic carbocycles. The summed E-state index contributed by atoms with van der Waals surface area (Å²) in [6.45, 7) is 0.419.